The number of amides is 1. The van der Waals surface area contributed by atoms with Crippen LogP contribution in [0, 0.1) is 34.3 Å². The normalized spacial score (nSPS) is 21.2. The first-order valence-electron chi connectivity index (χ1n) is 6.49. The zero-order chi connectivity index (χ0) is 14.7. The Morgan fingerprint density at radius 3 is 2.90 bits per heavy atom. The van der Waals surface area contributed by atoms with E-state index in [2.05, 4.69) is 11.4 Å². The van der Waals surface area contributed by atoms with Gasteiger partial charge in [-0.05, 0) is 32.3 Å². The lowest BCUT2D eigenvalue weighted by Gasteiger charge is -2.15. The summed E-state index contributed by atoms with van der Waals surface area (Å²) in [4.78, 5) is 22.8. The van der Waals surface area contributed by atoms with E-state index in [1.807, 2.05) is 0 Å². The second-order valence-corrected chi connectivity index (χ2v) is 4.97. The first kappa shape index (κ1) is 14.0. The van der Waals surface area contributed by atoms with Crippen molar-refractivity contribution in [2.45, 2.75) is 32.2 Å². The number of hydrogen-bond donors (Lipinski definition) is 1. The first-order valence-corrected chi connectivity index (χ1v) is 6.49. The Balaban J connectivity index is 2.24. The smallest absolute Gasteiger partial charge is 0.285 e. The van der Waals surface area contributed by atoms with E-state index in [1.165, 1.54) is 6.07 Å². The van der Waals surface area contributed by atoms with Gasteiger partial charge in [-0.2, -0.15) is 5.26 Å². The van der Waals surface area contributed by atoms with Crippen molar-refractivity contribution in [2.24, 2.45) is 5.92 Å². The molecule has 0 bridgehead atoms. The third-order valence-corrected chi connectivity index (χ3v) is 3.66. The van der Waals surface area contributed by atoms with Gasteiger partial charge in [0.1, 0.15) is 5.56 Å². The van der Waals surface area contributed by atoms with Gasteiger partial charge in [-0.25, -0.2) is 0 Å². The maximum atomic E-state index is 12.2. The van der Waals surface area contributed by atoms with Crippen LogP contribution in [0.4, 0.5) is 5.69 Å². The molecule has 1 N–H and O–H groups in total. The third-order valence-electron chi connectivity index (χ3n) is 3.66. The predicted octanol–water partition coefficient (Wildman–Crippen LogP) is 2.33. The van der Waals surface area contributed by atoms with Gasteiger partial charge in [0.2, 0.25) is 0 Å². The van der Waals surface area contributed by atoms with Crippen molar-refractivity contribution in [3.8, 4) is 6.07 Å². The highest BCUT2D eigenvalue weighted by molar-refractivity contribution is 5.98. The summed E-state index contributed by atoms with van der Waals surface area (Å²) in [6.45, 7) is 1.60. The van der Waals surface area contributed by atoms with E-state index in [9.17, 15) is 14.9 Å². The second-order valence-electron chi connectivity index (χ2n) is 4.97. The second kappa shape index (κ2) is 5.70. The minimum absolute atomic E-state index is 0.0542. The van der Waals surface area contributed by atoms with Crippen LogP contribution in [0.1, 0.15) is 35.2 Å². The SMILES string of the molecule is Cc1cccc(C(=O)NC2CCCC2C#N)c1[N+](=O)[O-]. The van der Waals surface area contributed by atoms with E-state index in [0.717, 1.165) is 19.3 Å². The van der Waals surface area contributed by atoms with Crippen LogP contribution in [0.5, 0.6) is 0 Å². The number of para-hydroxylation sites is 1. The number of nitrogens with one attached hydrogen (secondary N) is 1. The number of nitro groups is 1. The molecule has 0 saturated heterocycles. The Labute approximate surface area is 116 Å². The molecular weight excluding hydrogens is 258 g/mol. The van der Waals surface area contributed by atoms with Crippen molar-refractivity contribution in [2.75, 3.05) is 0 Å². The fourth-order valence-electron chi connectivity index (χ4n) is 2.62. The summed E-state index contributed by atoms with van der Waals surface area (Å²) >= 11 is 0. The topological polar surface area (TPSA) is 96.0 Å². The van der Waals surface area contributed by atoms with Gasteiger partial charge in [-0.3, -0.25) is 14.9 Å². The molecule has 0 radical (unpaired) electrons. The summed E-state index contributed by atoms with van der Waals surface area (Å²) in [6.07, 6.45) is 2.39. The van der Waals surface area contributed by atoms with Crippen molar-refractivity contribution in [1.29, 1.82) is 5.26 Å². The van der Waals surface area contributed by atoms with E-state index in [1.54, 1.807) is 19.1 Å². The van der Waals surface area contributed by atoms with Crippen LogP contribution in [0.3, 0.4) is 0 Å². The molecule has 20 heavy (non-hydrogen) atoms. The summed E-state index contributed by atoms with van der Waals surface area (Å²) in [5.74, 6) is -0.685. The van der Waals surface area contributed by atoms with Crippen molar-refractivity contribution < 1.29 is 9.72 Å². The molecule has 2 atom stereocenters. The molecule has 0 aromatic heterocycles. The highest BCUT2D eigenvalue weighted by Crippen LogP contribution is 2.27. The molecule has 1 aromatic rings. The molecule has 1 saturated carbocycles. The minimum atomic E-state index is -0.541. The van der Waals surface area contributed by atoms with Crippen LogP contribution in [0.2, 0.25) is 0 Å². The number of nitrogens with zero attached hydrogens (tertiary/aromatic N) is 2. The first-order chi connectivity index (χ1) is 9.54. The van der Waals surface area contributed by atoms with Crippen molar-refractivity contribution in [3.05, 3.63) is 39.4 Å². The quantitative estimate of drug-likeness (QED) is 0.675. The van der Waals surface area contributed by atoms with E-state index < -0.39 is 10.8 Å². The van der Waals surface area contributed by atoms with E-state index >= 15 is 0 Å². The molecular formula is C14H15N3O3. The Hall–Kier alpha value is -2.42. The standard InChI is InChI=1S/C14H15N3O3/c1-9-4-2-6-11(13(9)17(19)20)14(18)16-12-7-3-5-10(12)8-15/h2,4,6,10,12H,3,5,7H2,1H3,(H,16,18). The lowest BCUT2D eigenvalue weighted by molar-refractivity contribution is -0.385. The van der Waals surface area contributed by atoms with Crippen LogP contribution in [0.25, 0.3) is 0 Å². The van der Waals surface area contributed by atoms with Crippen LogP contribution in [-0.2, 0) is 0 Å². The fourth-order valence-corrected chi connectivity index (χ4v) is 2.62. The average Bonchev–Trinajstić information content (AvgIpc) is 2.85. The van der Waals surface area contributed by atoms with Gasteiger partial charge in [-0.15, -0.1) is 0 Å². The van der Waals surface area contributed by atoms with E-state index in [4.69, 9.17) is 5.26 Å². The van der Waals surface area contributed by atoms with Crippen LogP contribution in [-0.4, -0.2) is 16.9 Å². The molecule has 2 unspecified atom stereocenters. The average molecular weight is 273 g/mol. The van der Waals surface area contributed by atoms with Crippen molar-refractivity contribution >= 4 is 11.6 Å². The lowest BCUT2D eigenvalue weighted by atomic mass is 10.0. The molecule has 0 heterocycles. The fraction of sp³-hybridized carbons (Fsp3) is 0.429. The number of rotatable bonds is 3. The van der Waals surface area contributed by atoms with Gasteiger partial charge in [0, 0.05) is 11.6 Å². The molecule has 0 spiro atoms. The van der Waals surface area contributed by atoms with Gasteiger partial charge in [0.15, 0.2) is 0 Å². The Bertz CT molecular complexity index is 592. The Morgan fingerprint density at radius 2 is 2.25 bits per heavy atom. The number of carbonyl (C=O) groups is 1. The summed E-state index contributed by atoms with van der Waals surface area (Å²) in [5, 5.41) is 22.8. The molecule has 6 nitrogen and oxygen atoms in total. The Kier molecular flexibility index (Phi) is 3.99. The number of benzene rings is 1. The van der Waals surface area contributed by atoms with Gasteiger partial charge in [-0.1, -0.05) is 12.1 Å². The highest BCUT2D eigenvalue weighted by Gasteiger charge is 2.30. The molecule has 6 heteroatoms. The Morgan fingerprint density at radius 1 is 1.50 bits per heavy atom. The molecule has 1 aliphatic carbocycles. The van der Waals surface area contributed by atoms with Gasteiger partial charge in [0.25, 0.3) is 11.6 Å². The zero-order valence-electron chi connectivity index (χ0n) is 11.1. The van der Waals surface area contributed by atoms with E-state index in [0.29, 0.717) is 5.56 Å². The number of nitriles is 1. The summed E-state index contributed by atoms with van der Waals surface area (Å²) in [6, 6.07) is 6.62. The number of hydrogen-bond acceptors (Lipinski definition) is 4. The van der Waals surface area contributed by atoms with Crippen LogP contribution >= 0.6 is 0 Å². The molecule has 104 valence electrons. The maximum Gasteiger partial charge on any atom is 0.285 e. The van der Waals surface area contributed by atoms with Gasteiger partial charge < -0.3 is 5.32 Å². The minimum Gasteiger partial charge on any atom is -0.348 e. The molecule has 2 rings (SSSR count). The summed E-state index contributed by atoms with van der Waals surface area (Å²) in [7, 11) is 0. The highest BCUT2D eigenvalue weighted by atomic mass is 16.6. The monoisotopic (exact) mass is 273 g/mol. The number of carbonyl (C=O) groups excluding carboxylic acids is 1. The maximum absolute atomic E-state index is 12.2. The number of aryl methyl sites for hydroxylation is 1. The van der Waals surface area contributed by atoms with E-state index in [-0.39, 0.29) is 23.2 Å². The number of nitro benzene ring substituents is 1. The summed E-state index contributed by atoms with van der Waals surface area (Å²) < 4.78 is 0. The molecule has 1 aliphatic rings. The van der Waals surface area contributed by atoms with Crippen LogP contribution < -0.4 is 5.32 Å². The lowest BCUT2D eigenvalue weighted by Crippen LogP contribution is -2.37. The molecule has 0 aliphatic heterocycles. The molecule has 1 aromatic carbocycles. The molecule has 1 amide bonds. The third kappa shape index (κ3) is 2.62. The largest absolute Gasteiger partial charge is 0.348 e. The van der Waals surface area contributed by atoms with Crippen LogP contribution in [0.15, 0.2) is 18.2 Å². The predicted molar refractivity (Wildman–Crippen MR) is 72.0 cm³/mol. The van der Waals surface area contributed by atoms with Gasteiger partial charge >= 0.3 is 0 Å². The van der Waals surface area contributed by atoms with Gasteiger partial charge in [0.05, 0.1) is 16.9 Å². The van der Waals surface area contributed by atoms with Crippen molar-refractivity contribution in [3.63, 3.8) is 0 Å². The molecule has 1 fully saturated rings. The van der Waals surface area contributed by atoms with Crippen molar-refractivity contribution in [1.82, 2.24) is 5.32 Å². The summed E-state index contributed by atoms with van der Waals surface area (Å²) in [5.41, 5.74) is 0.334. The zero-order valence-corrected chi connectivity index (χ0v) is 11.1.